The van der Waals surface area contributed by atoms with Gasteiger partial charge >= 0.3 is 0 Å². The van der Waals surface area contributed by atoms with E-state index in [-0.39, 0.29) is 17.5 Å². The first-order valence-electron chi connectivity index (χ1n) is 9.48. The molecule has 0 radical (unpaired) electrons. The minimum atomic E-state index is -3.63. The van der Waals surface area contributed by atoms with Crippen molar-refractivity contribution in [1.82, 2.24) is 9.79 Å². The molecule has 28 heavy (non-hydrogen) atoms. The van der Waals surface area contributed by atoms with Gasteiger partial charge in [0.05, 0.1) is 11.5 Å². The van der Waals surface area contributed by atoms with Gasteiger partial charge in [-0.25, -0.2) is 13.9 Å². The van der Waals surface area contributed by atoms with Crippen LogP contribution in [0.15, 0.2) is 53.4 Å². The van der Waals surface area contributed by atoms with Crippen LogP contribution in [0.1, 0.15) is 47.7 Å². The number of hydrogen-bond acceptors (Lipinski definition) is 4. The molecule has 150 valence electrons. The number of aryl methyl sites for hydroxylation is 1. The third-order valence-electron chi connectivity index (χ3n) is 5.05. The summed E-state index contributed by atoms with van der Waals surface area (Å²) < 4.78 is 27.6. The molecule has 7 heteroatoms. The number of nitrogens with one attached hydrogen (secondary N) is 1. The monoisotopic (exact) mass is 402 g/mol. The average Bonchev–Trinajstić information content (AvgIpc) is 2.69. The summed E-state index contributed by atoms with van der Waals surface area (Å²) in [5.41, 5.74) is 4.31. The van der Waals surface area contributed by atoms with E-state index in [0.29, 0.717) is 17.7 Å². The molecule has 1 atom stereocenters. The number of carbonyl (C=O) groups is 1. The zero-order valence-corrected chi connectivity index (χ0v) is 17.0. The predicted octanol–water partition coefficient (Wildman–Crippen LogP) is 3.42. The molecule has 1 fully saturated rings. The minimum absolute atomic E-state index is 0.0356. The van der Waals surface area contributed by atoms with Gasteiger partial charge in [-0.1, -0.05) is 42.8 Å². The first kappa shape index (κ1) is 20.5. The molecule has 0 saturated carbocycles. The first-order valence-corrected chi connectivity index (χ1v) is 10.9. The average molecular weight is 403 g/mol. The maximum atomic E-state index is 13.0. The highest BCUT2D eigenvalue weighted by atomic mass is 32.2. The lowest BCUT2D eigenvalue weighted by molar-refractivity contribution is 0.0233. The van der Waals surface area contributed by atoms with E-state index in [0.717, 1.165) is 24.8 Å². The lowest BCUT2D eigenvalue weighted by atomic mass is 10.1. The number of hydroxylamine groups is 1. The lowest BCUT2D eigenvalue weighted by Gasteiger charge is -2.32. The zero-order valence-electron chi connectivity index (χ0n) is 16.2. The van der Waals surface area contributed by atoms with Crippen LogP contribution in [0.4, 0.5) is 0 Å². The number of rotatable bonds is 6. The molecule has 1 N–H and O–H groups in total. The quantitative estimate of drug-likeness (QED) is 0.751. The standard InChI is InChI=1S/C21H26N2O4S/c1-16-11-12-19(28(25,26)23-13-7-6-8-17(23)2)14-20(16)21(24)22-27-15-18-9-4-3-5-10-18/h3-5,9-12,14,17H,6-8,13,15H2,1-2H3,(H,22,24). The number of nitrogens with zero attached hydrogens (tertiary/aromatic N) is 1. The molecule has 1 aliphatic rings. The zero-order chi connectivity index (χ0) is 20.1. The van der Waals surface area contributed by atoms with Crippen LogP contribution in [0.2, 0.25) is 0 Å². The Labute approximate surface area is 166 Å². The van der Waals surface area contributed by atoms with Crippen LogP contribution in [0.25, 0.3) is 0 Å². The summed E-state index contributed by atoms with van der Waals surface area (Å²) in [5.74, 6) is -0.461. The molecule has 1 unspecified atom stereocenters. The molecule has 0 spiro atoms. The second-order valence-electron chi connectivity index (χ2n) is 7.14. The Morgan fingerprint density at radius 2 is 1.93 bits per heavy atom. The summed E-state index contributed by atoms with van der Waals surface area (Å²) >= 11 is 0. The van der Waals surface area contributed by atoms with Gasteiger partial charge in [0.1, 0.15) is 0 Å². The van der Waals surface area contributed by atoms with Gasteiger partial charge in [-0.05, 0) is 49.9 Å². The van der Waals surface area contributed by atoms with Crippen molar-refractivity contribution >= 4 is 15.9 Å². The summed E-state index contributed by atoms with van der Waals surface area (Å²) in [6, 6.07) is 14.1. The van der Waals surface area contributed by atoms with Crippen LogP contribution < -0.4 is 5.48 Å². The SMILES string of the molecule is Cc1ccc(S(=O)(=O)N2CCCCC2C)cc1C(=O)NOCc1ccccc1. The van der Waals surface area contributed by atoms with Crippen LogP contribution >= 0.6 is 0 Å². The maximum absolute atomic E-state index is 13.0. The van der Waals surface area contributed by atoms with Gasteiger partial charge in [0.2, 0.25) is 10.0 Å². The van der Waals surface area contributed by atoms with Crippen molar-refractivity contribution in [2.24, 2.45) is 0 Å². The van der Waals surface area contributed by atoms with E-state index in [1.165, 1.54) is 10.4 Å². The van der Waals surface area contributed by atoms with Crippen molar-refractivity contribution in [2.75, 3.05) is 6.54 Å². The molecule has 3 rings (SSSR count). The van der Waals surface area contributed by atoms with Crippen molar-refractivity contribution in [3.63, 3.8) is 0 Å². The van der Waals surface area contributed by atoms with Crippen molar-refractivity contribution in [3.8, 4) is 0 Å². The van der Waals surface area contributed by atoms with E-state index >= 15 is 0 Å². The van der Waals surface area contributed by atoms with Crippen LogP contribution in [-0.2, 0) is 21.5 Å². The van der Waals surface area contributed by atoms with Gasteiger partial charge in [-0.15, -0.1) is 0 Å². The van der Waals surface area contributed by atoms with E-state index < -0.39 is 15.9 Å². The Morgan fingerprint density at radius 3 is 2.64 bits per heavy atom. The van der Waals surface area contributed by atoms with Crippen LogP contribution in [-0.4, -0.2) is 31.2 Å². The van der Waals surface area contributed by atoms with Crippen LogP contribution in [0, 0.1) is 6.92 Å². The predicted molar refractivity (Wildman–Crippen MR) is 107 cm³/mol. The summed E-state index contributed by atoms with van der Waals surface area (Å²) in [6.45, 7) is 4.44. The molecular weight excluding hydrogens is 376 g/mol. The number of hydrogen-bond donors (Lipinski definition) is 1. The lowest BCUT2D eigenvalue weighted by Crippen LogP contribution is -2.42. The maximum Gasteiger partial charge on any atom is 0.275 e. The molecule has 1 amide bonds. The first-order chi connectivity index (χ1) is 13.4. The largest absolute Gasteiger partial charge is 0.275 e. The van der Waals surface area contributed by atoms with Gasteiger partial charge in [0, 0.05) is 18.2 Å². The summed E-state index contributed by atoms with van der Waals surface area (Å²) in [7, 11) is -3.63. The highest BCUT2D eigenvalue weighted by molar-refractivity contribution is 7.89. The minimum Gasteiger partial charge on any atom is -0.269 e. The van der Waals surface area contributed by atoms with Crippen molar-refractivity contribution in [3.05, 3.63) is 65.2 Å². The highest BCUT2D eigenvalue weighted by Gasteiger charge is 2.31. The van der Waals surface area contributed by atoms with Crippen molar-refractivity contribution in [2.45, 2.75) is 50.7 Å². The van der Waals surface area contributed by atoms with E-state index in [2.05, 4.69) is 5.48 Å². The molecule has 1 saturated heterocycles. The van der Waals surface area contributed by atoms with Gasteiger partial charge in [0.15, 0.2) is 0 Å². The third-order valence-corrected chi connectivity index (χ3v) is 7.06. The molecule has 2 aromatic rings. The molecule has 1 aliphatic heterocycles. The Balaban J connectivity index is 1.74. The van der Waals surface area contributed by atoms with Gasteiger partial charge < -0.3 is 0 Å². The van der Waals surface area contributed by atoms with E-state index in [9.17, 15) is 13.2 Å². The second-order valence-corrected chi connectivity index (χ2v) is 9.03. The smallest absolute Gasteiger partial charge is 0.269 e. The summed E-state index contributed by atoms with van der Waals surface area (Å²) in [6.07, 6.45) is 2.75. The van der Waals surface area contributed by atoms with Crippen molar-refractivity contribution in [1.29, 1.82) is 0 Å². The fourth-order valence-corrected chi connectivity index (χ4v) is 5.11. The van der Waals surface area contributed by atoms with Crippen LogP contribution in [0.5, 0.6) is 0 Å². The van der Waals surface area contributed by atoms with Gasteiger partial charge in [0.25, 0.3) is 5.91 Å². The topological polar surface area (TPSA) is 75.7 Å². The third kappa shape index (κ3) is 4.60. The van der Waals surface area contributed by atoms with Crippen LogP contribution in [0.3, 0.4) is 0 Å². The molecular formula is C21H26N2O4S. The summed E-state index contributed by atoms with van der Waals surface area (Å²) in [4.78, 5) is 18.0. The number of piperidine rings is 1. The Kier molecular flexibility index (Phi) is 6.49. The second kappa shape index (κ2) is 8.86. The number of benzene rings is 2. The number of sulfonamides is 1. The number of amides is 1. The molecule has 0 aromatic heterocycles. The Hall–Kier alpha value is -2.22. The number of carbonyl (C=O) groups excluding carboxylic acids is 1. The van der Waals surface area contributed by atoms with Crippen molar-refractivity contribution < 1.29 is 18.0 Å². The van der Waals surface area contributed by atoms with E-state index in [1.807, 2.05) is 37.3 Å². The Bertz CT molecular complexity index is 929. The fraction of sp³-hybridized carbons (Fsp3) is 0.381. The molecule has 2 aromatic carbocycles. The molecule has 1 heterocycles. The fourth-order valence-electron chi connectivity index (χ4n) is 3.38. The van der Waals surface area contributed by atoms with Gasteiger partial charge in [-0.3, -0.25) is 9.63 Å². The van der Waals surface area contributed by atoms with E-state index in [1.54, 1.807) is 19.1 Å². The highest BCUT2D eigenvalue weighted by Crippen LogP contribution is 2.26. The normalized spacial score (nSPS) is 18.0. The molecule has 6 nitrogen and oxygen atoms in total. The molecule has 0 aliphatic carbocycles. The Morgan fingerprint density at radius 1 is 1.18 bits per heavy atom. The molecule has 0 bridgehead atoms. The van der Waals surface area contributed by atoms with E-state index in [4.69, 9.17) is 4.84 Å². The summed E-state index contributed by atoms with van der Waals surface area (Å²) in [5, 5.41) is 0. The van der Waals surface area contributed by atoms with Gasteiger partial charge in [-0.2, -0.15) is 4.31 Å².